The summed E-state index contributed by atoms with van der Waals surface area (Å²) >= 11 is 6.24. The molecule has 0 radical (unpaired) electrons. The Morgan fingerprint density at radius 2 is 2.24 bits per heavy atom. The molecule has 1 aliphatic rings. The van der Waals surface area contributed by atoms with Crippen molar-refractivity contribution in [3.05, 3.63) is 28.8 Å². The first-order valence-electron chi connectivity index (χ1n) is 7.68. The Labute approximate surface area is 131 Å². The van der Waals surface area contributed by atoms with E-state index >= 15 is 0 Å². The highest BCUT2D eigenvalue weighted by atomic mass is 35.5. The molecule has 1 aromatic carbocycles. The Balaban J connectivity index is 2.24. The van der Waals surface area contributed by atoms with E-state index in [1.807, 2.05) is 12.1 Å². The highest BCUT2D eigenvalue weighted by Gasteiger charge is 2.21. The fourth-order valence-electron chi connectivity index (χ4n) is 3.18. The second-order valence-electron chi connectivity index (χ2n) is 5.69. The molecule has 116 valence electrons. The lowest BCUT2D eigenvalue weighted by Gasteiger charge is -2.26. The largest absolute Gasteiger partial charge is 0.409 e. The van der Waals surface area contributed by atoms with Gasteiger partial charge in [0, 0.05) is 18.8 Å². The van der Waals surface area contributed by atoms with Crippen molar-refractivity contribution in [2.24, 2.45) is 16.8 Å². The molecule has 1 atom stereocenters. The Kier molecular flexibility index (Phi) is 5.74. The molecule has 1 fully saturated rings. The molecule has 2 rings (SSSR count). The quantitative estimate of drug-likeness (QED) is 0.384. The number of oxime groups is 1. The van der Waals surface area contributed by atoms with Gasteiger partial charge in [-0.05, 0) is 37.3 Å². The van der Waals surface area contributed by atoms with Crippen LogP contribution >= 0.6 is 11.6 Å². The van der Waals surface area contributed by atoms with E-state index in [1.54, 1.807) is 6.07 Å². The molecule has 1 heterocycles. The zero-order chi connectivity index (χ0) is 15.2. The Morgan fingerprint density at radius 3 is 2.95 bits per heavy atom. The van der Waals surface area contributed by atoms with Gasteiger partial charge in [-0.25, -0.2) is 0 Å². The molecule has 0 bridgehead atoms. The zero-order valence-corrected chi connectivity index (χ0v) is 13.3. The van der Waals surface area contributed by atoms with Gasteiger partial charge in [0.05, 0.1) is 10.6 Å². The predicted molar refractivity (Wildman–Crippen MR) is 88.4 cm³/mol. The first kappa shape index (κ1) is 16.0. The summed E-state index contributed by atoms with van der Waals surface area (Å²) in [5, 5.41) is 12.6. The van der Waals surface area contributed by atoms with E-state index in [0.717, 1.165) is 24.7 Å². The molecular formula is C16H24ClN3O. The summed E-state index contributed by atoms with van der Waals surface area (Å²) in [7, 11) is 0. The van der Waals surface area contributed by atoms with Crippen LogP contribution in [0, 0.1) is 5.92 Å². The highest BCUT2D eigenvalue weighted by Crippen LogP contribution is 2.31. The fourth-order valence-corrected chi connectivity index (χ4v) is 3.45. The Morgan fingerprint density at radius 1 is 1.43 bits per heavy atom. The van der Waals surface area contributed by atoms with Gasteiger partial charge in [-0.15, -0.1) is 0 Å². The van der Waals surface area contributed by atoms with Crippen molar-refractivity contribution in [3.63, 3.8) is 0 Å². The lowest BCUT2D eigenvalue weighted by molar-refractivity contribution is 0.318. The van der Waals surface area contributed by atoms with Gasteiger partial charge < -0.3 is 15.8 Å². The number of hydrogen-bond acceptors (Lipinski definition) is 3. The number of amidine groups is 1. The minimum absolute atomic E-state index is 0.0740. The van der Waals surface area contributed by atoms with Gasteiger partial charge in [-0.3, -0.25) is 0 Å². The number of nitrogens with zero attached hydrogens (tertiary/aromatic N) is 2. The maximum absolute atomic E-state index is 8.99. The number of halogens is 1. The summed E-state index contributed by atoms with van der Waals surface area (Å²) in [6, 6.07) is 5.69. The standard InChI is InChI=1S/C16H24ClN3O/c1-2-5-12-6-4-10-20(11-9-12)14-8-3-7-13(17)15(14)16(18)19-21/h3,7-8,12,21H,2,4-6,9-11H2,1H3,(H2,18,19). The van der Waals surface area contributed by atoms with Crippen LogP contribution in [0.3, 0.4) is 0 Å². The van der Waals surface area contributed by atoms with Crippen LogP contribution in [-0.4, -0.2) is 24.1 Å². The third kappa shape index (κ3) is 3.82. The maximum atomic E-state index is 8.99. The second kappa shape index (κ2) is 7.55. The maximum Gasteiger partial charge on any atom is 0.173 e. The lowest BCUT2D eigenvalue weighted by Crippen LogP contribution is -2.28. The number of rotatable bonds is 4. The molecule has 0 spiro atoms. The molecule has 1 aromatic rings. The van der Waals surface area contributed by atoms with Gasteiger partial charge in [-0.1, -0.05) is 42.6 Å². The normalized spacial score (nSPS) is 20.4. The van der Waals surface area contributed by atoms with Gasteiger partial charge in [0.2, 0.25) is 0 Å². The van der Waals surface area contributed by atoms with Gasteiger partial charge >= 0.3 is 0 Å². The molecule has 3 N–H and O–H groups in total. The van der Waals surface area contributed by atoms with E-state index in [9.17, 15) is 0 Å². The minimum Gasteiger partial charge on any atom is -0.409 e. The van der Waals surface area contributed by atoms with Crippen LogP contribution in [0.2, 0.25) is 5.02 Å². The third-order valence-electron chi connectivity index (χ3n) is 4.24. The summed E-state index contributed by atoms with van der Waals surface area (Å²) in [6.07, 6.45) is 6.19. The average Bonchev–Trinajstić information content (AvgIpc) is 2.72. The van der Waals surface area contributed by atoms with E-state index in [0.29, 0.717) is 10.6 Å². The van der Waals surface area contributed by atoms with Gasteiger partial charge in [0.25, 0.3) is 0 Å². The molecule has 0 amide bonds. The first-order valence-corrected chi connectivity index (χ1v) is 8.06. The molecule has 0 saturated carbocycles. The second-order valence-corrected chi connectivity index (χ2v) is 6.10. The Bertz CT molecular complexity index is 504. The molecule has 1 aliphatic heterocycles. The number of benzene rings is 1. The number of nitrogens with two attached hydrogens (primary N) is 1. The van der Waals surface area contributed by atoms with E-state index < -0.39 is 0 Å². The average molecular weight is 310 g/mol. The summed E-state index contributed by atoms with van der Waals surface area (Å²) < 4.78 is 0. The molecule has 1 unspecified atom stereocenters. The first-order chi connectivity index (χ1) is 10.2. The smallest absolute Gasteiger partial charge is 0.173 e. The van der Waals surface area contributed by atoms with Crippen molar-refractivity contribution in [2.75, 3.05) is 18.0 Å². The lowest BCUT2D eigenvalue weighted by atomic mass is 9.96. The van der Waals surface area contributed by atoms with Crippen LogP contribution in [-0.2, 0) is 0 Å². The monoisotopic (exact) mass is 309 g/mol. The van der Waals surface area contributed by atoms with Crippen molar-refractivity contribution in [2.45, 2.75) is 39.0 Å². The van der Waals surface area contributed by atoms with Crippen molar-refractivity contribution >= 4 is 23.1 Å². The topological polar surface area (TPSA) is 61.8 Å². The summed E-state index contributed by atoms with van der Waals surface area (Å²) in [5.41, 5.74) is 7.41. The Hall–Kier alpha value is -1.42. The summed E-state index contributed by atoms with van der Waals surface area (Å²) in [6.45, 7) is 4.24. The van der Waals surface area contributed by atoms with E-state index in [1.165, 1.54) is 32.1 Å². The van der Waals surface area contributed by atoms with Crippen molar-refractivity contribution in [1.82, 2.24) is 0 Å². The van der Waals surface area contributed by atoms with Crippen LogP contribution in [0.5, 0.6) is 0 Å². The van der Waals surface area contributed by atoms with Crippen LogP contribution in [0.25, 0.3) is 0 Å². The van der Waals surface area contributed by atoms with E-state index in [2.05, 4.69) is 17.0 Å². The van der Waals surface area contributed by atoms with Crippen LogP contribution in [0.15, 0.2) is 23.4 Å². The molecule has 4 nitrogen and oxygen atoms in total. The fraction of sp³-hybridized carbons (Fsp3) is 0.562. The zero-order valence-electron chi connectivity index (χ0n) is 12.6. The van der Waals surface area contributed by atoms with Gasteiger partial charge in [-0.2, -0.15) is 0 Å². The molecule has 0 aromatic heterocycles. The molecule has 5 heteroatoms. The molecule has 1 saturated heterocycles. The van der Waals surface area contributed by atoms with E-state index in [-0.39, 0.29) is 5.84 Å². The predicted octanol–water partition coefficient (Wildman–Crippen LogP) is 3.84. The summed E-state index contributed by atoms with van der Waals surface area (Å²) in [4.78, 5) is 2.31. The van der Waals surface area contributed by atoms with Crippen LogP contribution in [0.1, 0.15) is 44.6 Å². The minimum atomic E-state index is 0.0740. The van der Waals surface area contributed by atoms with Gasteiger partial charge in [0.15, 0.2) is 5.84 Å². The number of hydrogen-bond donors (Lipinski definition) is 2. The molecule has 21 heavy (non-hydrogen) atoms. The number of anilines is 1. The summed E-state index contributed by atoms with van der Waals surface area (Å²) in [5.74, 6) is 0.886. The SMILES string of the molecule is CCCC1CCCN(c2cccc(Cl)c2C(N)=NO)CC1. The van der Waals surface area contributed by atoms with Crippen molar-refractivity contribution < 1.29 is 5.21 Å². The van der Waals surface area contributed by atoms with Crippen LogP contribution in [0.4, 0.5) is 5.69 Å². The van der Waals surface area contributed by atoms with Crippen LogP contribution < -0.4 is 10.6 Å². The highest BCUT2D eigenvalue weighted by molar-refractivity contribution is 6.34. The van der Waals surface area contributed by atoms with Gasteiger partial charge in [0.1, 0.15) is 0 Å². The molecular weight excluding hydrogens is 286 g/mol. The van der Waals surface area contributed by atoms with E-state index in [4.69, 9.17) is 22.5 Å². The molecule has 0 aliphatic carbocycles. The van der Waals surface area contributed by atoms with Crippen molar-refractivity contribution in [3.8, 4) is 0 Å². The van der Waals surface area contributed by atoms with Crippen molar-refractivity contribution in [1.29, 1.82) is 0 Å². The third-order valence-corrected chi connectivity index (χ3v) is 4.56.